The number of hydrogen-bond acceptors (Lipinski definition) is 1. The van der Waals surface area contributed by atoms with Crippen LogP contribution in [0.5, 0.6) is 0 Å². The summed E-state index contributed by atoms with van der Waals surface area (Å²) in [6.45, 7) is 4.30. The average molecular weight is 492 g/mol. The highest BCUT2D eigenvalue weighted by Gasteiger charge is 2.48. The minimum atomic E-state index is -0.376. The van der Waals surface area contributed by atoms with Gasteiger partial charge in [0.1, 0.15) is 0 Å². The number of hydrogen-bond donors (Lipinski definition) is 0. The van der Waals surface area contributed by atoms with Crippen LogP contribution in [0.2, 0.25) is 0 Å². The molecule has 1 unspecified atom stereocenters. The predicted octanol–water partition coefficient (Wildman–Crippen LogP) is 9.70. The quantitative estimate of drug-likeness (QED) is 0.243. The molecule has 0 aromatic heterocycles. The van der Waals surface area contributed by atoms with Gasteiger partial charge < -0.3 is 4.90 Å². The van der Waals surface area contributed by atoms with Crippen LogP contribution in [0.1, 0.15) is 42.0 Å². The van der Waals surface area contributed by atoms with Gasteiger partial charge in [0.25, 0.3) is 0 Å². The molecule has 1 nitrogen and oxygen atoms in total. The van der Waals surface area contributed by atoms with Gasteiger partial charge in [-0.1, -0.05) is 115 Å². The monoisotopic (exact) mass is 491 g/mol. The summed E-state index contributed by atoms with van der Waals surface area (Å²) in [6.07, 6.45) is 13.7. The summed E-state index contributed by atoms with van der Waals surface area (Å²) >= 11 is 0. The van der Waals surface area contributed by atoms with E-state index in [-0.39, 0.29) is 5.41 Å². The number of allylic oxidation sites excluding steroid dienone is 7. The number of para-hydroxylation sites is 2. The summed E-state index contributed by atoms with van der Waals surface area (Å²) in [6, 6.07) is 39.6. The molecule has 0 bridgehead atoms. The first kappa shape index (κ1) is 24.0. The molecule has 4 aromatic rings. The lowest BCUT2D eigenvalue weighted by atomic mass is 9.65. The molecule has 0 spiro atoms. The van der Waals surface area contributed by atoms with Crippen LogP contribution in [-0.2, 0) is 5.41 Å². The molecule has 0 saturated carbocycles. The Morgan fingerprint density at radius 1 is 0.763 bits per heavy atom. The molecule has 1 heteroatoms. The Hall–Kier alpha value is -4.36. The lowest BCUT2D eigenvalue weighted by molar-refractivity contribution is 0.692. The van der Waals surface area contributed by atoms with Crippen LogP contribution in [-0.4, -0.2) is 0 Å². The Labute approximate surface area is 226 Å². The highest BCUT2D eigenvalue weighted by molar-refractivity contribution is 5.91. The smallest absolute Gasteiger partial charge is 0.0690 e. The van der Waals surface area contributed by atoms with Crippen molar-refractivity contribution in [3.63, 3.8) is 0 Å². The van der Waals surface area contributed by atoms with E-state index in [1.54, 1.807) is 0 Å². The van der Waals surface area contributed by atoms with Crippen molar-refractivity contribution in [2.24, 2.45) is 0 Å². The fourth-order valence-corrected chi connectivity index (χ4v) is 6.20. The molecule has 0 N–H and O–H groups in total. The van der Waals surface area contributed by atoms with Crippen molar-refractivity contribution in [3.8, 4) is 0 Å². The molecule has 4 aromatic carbocycles. The van der Waals surface area contributed by atoms with E-state index in [0.29, 0.717) is 0 Å². The van der Waals surface area contributed by atoms with Crippen LogP contribution in [0.15, 0.2) is 151 Å². The Balaban J connectivity index is 1.70. The van der Waals surface area contributed by atoms with Crippen LogP contribution in [0.4, 0.5) is 11.4 Å². The molecule has 0 fully saturated rings. The third-order valence-corrected chi connectivity index (χ3v) is 7.85. The Kier molecular flexibility index (Phi) is 6.43. The lowest BCUT2D eigenvalue weighted by Gasteiger charge is -2.38. The molecule has 0 heterocycles. The first-order valence-corrected chi connectivity index (χ1v) is 13.5. The normalized spacial score (nSPS) is 18.5. The Morgan fingerprint density at radius 3 is 2.05 bits per heavy atom. The minimum Gasteiger partial charge on any atom is -0.317 e. The number of nitrogens with zero attached hydrogens (tertiary/aromatic N) is 1. The van der Waals surface area contributed by atoms with Crippen LogP contribution in [0, 0.1) is 6.92 Å². The van der Waals surface area contributed by atoms with E-state index in [4.69, 9.17) is 0 Å². The van der Waals surface area contributed by atoms with Gasteiger partial charge in [-0.3, -0.25) is 0 Å². The first-order chi connectivity index (χ1) is 18.7. The maximum absolute atomic E-state index is 2.37. The highest BCUT2D eigenvalue weighted by Crippen LogP contribution is 2.58. The van der Waals surface area contributed by atoms with Crippen molar-refractivity contribution in [3.05, 3.63) is 173 Å². The van der Waals surface area contributed by atoms with Gasteiger partial charge in [0.2, 0.25) is 0 Å². The topological polar surface area (TPSA) is 3.24 Å². The molecule has 0 amide bonds. The van der Waals surface area contributed by atoms with Crippen LogP contribution in [0.3, 0.4) is 0 Å². The molecule has 2 aliphatic rings. The molecule has 38 heavy (non-hydrogen) atoms. The molecule has 186 valence electrons. The second kappa shape index (κ2) is 10.2. The Bertz CT molecular complexity index is 1510. The third-order valence-electron chi connectivity index (χ3n) is 7.85. The van der Waals surface area contributed by atoms with Gasteiger partial charge in [0, 0.05) is 17.6 Å². The van der Waals surface area contributed by atoms with Crippen molar-refractivity contribution in [2.45, 2.75) is 32.1 Å². The highest BCUT2D eigenvalue weighted by atomic mass is 15.1. The van der Waals surface area contributed by atoms with E-state index < -0.39 is 0 Å². The SMILES string of the molecule is C/C=C\C(=C/N(c1ccccc1)c1ccccc1)C1(c2ccc(C)cc2)C2=C(C=CCC2)c2ccccc21. The number of fused-ring (bicyclic) bond motifs is 2. The maximum Gasteiger partial charge on any atom is 0.0690 e. The summed E-state index contributed by atoms with van der Waals surface area (Å²) in [7, 11) is 0. The van der Waals surface area contributed by atoms with Gasteiger partial charge in [-0.25, -0.2) is 0 Å². The molecule has 0 aliphatic heterocycles. The molecular formula is C37H33N. The van der Waals surface area contributed by atoms with Crippen LogP contribution < -0.4 is 4.90 Å². The standard InChI is InChI=1S/C37H33N/c1-3-14-30(27-38(31-15-6-4-7-16-31)32-17-8-5-9-18-32)37(29-25-23-28(2)24-26-29)35-21-12-10-19-33(35)34-20-11-13-22-36(34)37/h3-12,14-21,23-27H,13,22H2,1-2H3/b14-3-,30-27+. The van der Waals surface area contributed by atoms with E-state index in [9.17, 15) is 0 Å². The van der Waals surface area contributed by atoms with Crippen molar-refractivity contribution in [1.29, 1.82) is 0 Å². The average Bonchev–Trinajstić information content (AvgIpc) is 3.28. The van der Waals surface area contributed by atoms with E-state index in [2.05, 4.69) is 158 Å². The maximum atomic E-state index is 2.37. The molecule has 0 saturated heterocycles. The number of aryl methyl sites for hydroxylation is 1. The second-order valence-electron chi connectivity index (χ2n) is 10.1. The predicted molar refractivity (Wildman–Crippen MR) is 162 cm³/mol. The number of anilines is 2. The summed E-state index contributed by atoms with van der Waals surface area (Å²) < 4.78 is 0. The molecular weight excluding hydrogens is 458 g/mol. The summed E-state index contributed by atoms with van der Waals surface area (Å²) in [5, 5.41) is 0. The fourth-order valence-electron chi connectivity index (χ4n) is 6.20. The minimum absolute atomic E-state index is 0.376. The van der Waals surface area contributed by atoms with Crippen molar-refractivity contribution < 1.29 is 0 Å². The first-order valence-electron chi connectivity index (χ1n) is 13.5. The number of rotatable bonds is 6. The molecule has 1 atom stereocenters. The van der Waals surface area contributed by atoms with Gasteiger partial charge in [0.15, 0.2) is 0 Å². The van der Waals surface area contributed by atoms with Gasteiger partial charge >= 0.3 is 0 Å². The van der Waals surface area contributed by atoms with Crippen LogP contribution in [0.25, 0.3) is 5.57 Å². The van der Waals surface area contributed by atoms with E-state index >= 15 is 0 Å². The molecule has 6 rings (SSSR count). The number of benzene rings is 4. The van der Waals surface area contributed by atoms with Gasteiger partial charge in [-0.15, -0.1) is 0 Å². The molecule has 2 aliphatic carbocycles. The van der Waals surface area contributed by atoms with Gasteiger partial charge in [-0.2, -0.15) is 0 Å². The zero-order chi connectivity index (χ0) is 26.0. The van der Waals surface area contributed by atoms with Crippen molar-refractivity contribution in [1.82, 2.24) is 0 Å². The van der Waals surface area contributed by atoms with Gasteiger partial charge in [0.05, 0.1) is 5.41 Å². The van der Waals surface area contributed by atoms with E-state index in [1.807, 2.05) is 0 Å². The van der Waals surface area contributed by atoms with Gasteiger partial charge in [-0.05, 0) is 84.4 Å². The zero-order valence-corrected chi connectivity index (χ0v) is 22.1. The fraction of sp³-hybridized carbons (Fsp3) is 0.135. The van der Waals surface area contributed by atoms with Crippen LogP contribution >= 0.6 is 0 Å². The lowest BCUT2D eigenvalue weighted by Crippen LogP contribution is -2.32. The van der Waals surface area contributed by atoms with E-state index in [0.717, 1.165) is 24.2 Å². The Morgan fingerprint density at radius 2 is 1.39 bits per heavy atom. The van der Waals surface area contributed by atoms with E-state index in [1.165, 1.54) is 39.0 Å². The second-order valence-corrected chi connectivity index (χ2v) is 10.1. The van der Waals surface area contributed by atoms with Crippen molar-refractivity contribution in [2.75, 3.05) is 4.90 Å². The summed E-state index contributed by atoms with van der Waals surface area (Å²) in [5.41, 5.74) is 11.4. The molecule has 0 radical (unpaired) electrons. The van der Waals surface area contributed by atoms with Crippen molar-refractivity contribution >= 4 is 16.9 Å². The largest absolute Gasteiger partial charge is 0.317 e. The summed E-state index contributed by atoms with van der Waals surface area (Å²) in [5.74, 6) is 0. The third kappa shape index (κ3) is 3.96. The summed E-state index contributed by atoms with van der Waals surface area (Å²) in [4.78, 5) is 2.34. The zero-order valence-electron chi connectivity index (χ0n) is 22.1.